The summed E-state index contributed by atoms with van der Waals surface area (Å²) in [6.07, 6.45) is -0.777. The van der Waals surface area contributed by atoms with E-state index in [2.05, 4.69) is 4.98 Å². The maximum atomic E-state index is 11.6. The van der Waals surface area contributed by atoms with Crippen molar-refractivity contribution in [2.45, 2.75) is 3.79 Å². The lowest BCUT2D eigenvalue weighted by molar-refractivity contribution is 0.0995. The second-order valence-corrected chi connectivity index (χ2v) is 5.99. The van der Waals surface area contributed by atoms with Gasteiger partial charge >= 0.3 is 6.09 Å². The van der Waals surface area contributed by atoms with Crippen LogP contribution in [0.5, 0.6) is 0 Å². The van der Waals surface area contributed by atoms with E-state index in [0.29, 0.717) is 0 Å². The minimum Gasteiger partial charge on any atom is -0.445 e. The van der Waals surface area contributed by atoms with Crippen LogP contribution in [0, 0.1) is 0 Å². The Balaban J connectivity index is 2.77. The van der Waals surface area contributed by atoms with Crippen LogP contribution in [0.3, 0.4) is 0 Å². The van der Waals surface area contributed by atoms with Gasteiger partial charge in [-0.3, -0.25) is 9.69 Å². The van der Waals surface area contributed by atoms with Gasteiger partial charge in [0.1, 0.15) is 18.1 Å². The van der Waals surface area contributed by atoms with E-state index < -0.39 is 22.4 Å². The third-order valence-corrected chi connectivity index (χ3v) is 2.29. The summed E-state index contributed by atoms with van der Waals surface area (Å²) < 4.78 is 3.06. The molecule has 1 rings (SSSR count). The van der Waals surface area contributed by atoms with Gasteiger partial charge in [-0.15, -0.1) is 0 Å². The quantitative estimate of drug-likeness (QED) is 0.862. The molecule has 2 amide bonds. The van der Waals surface area contributed by atoms with Crippen molar-refractivity contribution >= 4 is 52.6 Å². The minimum absolute atomic E-state index is 0.0264. The van der Waals surface area contributed by atoms with E-state index in [1.54, 1.807) is 0 Å². The van der Waals surface area contributed by atoms with Crippen LogP contribution in [0.4, 0.5) is 10.6 Å². The SMILES string of the molecule is CN(C(=O)OCC(Cl)(Cl)Cl)c1cccc(C(N)=O)n1. The van der Waals surface area contributed by atoms with Crippen molar-refractivity contribution in [3.05, 3.63) is 23.9 Å². The highest BCUT2D eigenvalue weighted by atomic mass is 35.6. The van der Waals surface area contributed by atoms with Crippen LogP contribution in [0.15, 0.2) is 18.2 Å². The van der Waals surface area contributed by atoms with Crippen molar-refractivity contribution in [1.29, 1.82) is 0 Å². The fourth-order valence-electron chi connectivity index (χ4n) is 1.08. The molecule has 0 aromatic carbocycles. The maximum Gasteiger partial charge on any atom is 0.415 e. The monoisotopic (exact) mass is 325 g/mol. The van der Waals surface area contributed by atoms with E-state index in [4.69, 9.17) is 45.3 Å². The summed E-state index contributed by atoms with van der Waals surface area (Å²) in [7, 11) is 1.40. The first-order valence-corrected chi connectivity index (χ1v) is 6.08. The van der Waals surface area contributed by atoms with Crippen LogP contribution in [0.2, 0.25) is 0 Å². The Morgan fingerprint density at radius 3 is 2.58 bits per heavy atom. The van der Waals surface area contributed by atoms with Crippen molar-refractivity contribution in [3.8, 4) is 0 Å². The van der Waals surface area contributed by atoms with Crippen LogP contribution >= 0.6 is 34.8 Å². The van der Waals surface area contributed by atoms with Crippen LogP contribution in [0.1, 0.15) is 10.5 Å². The van der Waals surface area contributed by atoms with Crippen molar-refractivity contribution in [2.75, 3.05) is 18.6 Å². The van der Waals surface area contributed by atoms with E-state index in [9.17, 15) is 9.59 Å². The van der Waals surface area contributed by atoms with E-state index in [-0.39, 0.29) is 11.5 Å². The van der Waals surface area contributed by atoms with Gasteiger partial charge in [0.15, 0.2) is 0 Å². The lowest BCUT2D eigenvalue weighted by atomic mass is 10.3. The van der Waals surface area contributed by atoms with E-state index in [1.807, 2.05) is 0 Å². The van der Waals surface area contributed by atoms with Crippen LogP contribution in [-0.2, 0) is 4.74 Å². The van der Waals surface area contributed by atoms with Gasteiger partial charge in [-0.05, 0) is 12.1 Å². The number of rotatable bonds is 3. The number of primary amides is 1. The number of aromatic nitrogens is 1. The molecule has 1 aromatic rings. The average molecular weight is 327 g/mol. The van der Waals surface area contributed by atoms with Gasteiger partial charge < -0.3 is 10.5 Å². The lowest BCUT2D eigenvalue weighted by Gasteiger charge is -2.18. The fraction of sp³-hybridized carbons (Fsp3) is 0.300. The van der Waals surface area contributed by atoms with Gasteiger partial charge in [-0.25, -0.2) is 9.78 Å². The average Bonchev–Trinajstić information content (AvgIpc) is 2.34. The maximum absolute atomic E-state index is 11.6. The predicted molar refractivity (Wildman–Crippen MR) is 72.8 cm³/mol. The summed E-state index contributed by atoms with van der Waals surface area (Å²) in [6, 6.07) is 4.45. The number of carbonyl (C=O) groups excluding carboxylic acids is 2. The van der Waals surface area contributed by atoms with Gasteiger partial charge in [0.25, 0.3) is 5.91 Å². The van der Waals surface area contributed by atoms with E-state index in [1.165, 1.54) is 25.2 Å². The molecule has 104 valence electrons. The summed E-state index contributed by atoms with van der Waals surface area (Å²) in [4.78, 5) is 27.6. The molecule has 0 bridgehead atoms. The molecule has 0 aliphatic carbocycles. The number of halogens is 3. The number of carbonyl (C=O) groups is 2. The van der Waals surface area contributed by atoms with Gasteiger partial charge in [0.2, 0.25) is 3.79 Å². The molecule has 0 aliphatic heterocycles. The largest absolute Gasteiger partial charge is 0.445 e. The Labute approximate surface area is 124 Å². The summed E-state index contributed by atoms with van der Waals surface area (Å²) in [5, 5.41) is 0. The Hall–Kier alpha value is -1.24. The number of nitrogens with zero attached hydrogens (tertiary/aromatic N) is 2. The van der Waals surface area contributed by atoms with E-state index in [0.717, 1.165) is 4.90 Å². The molecule has 0 radical (unpaired) electrons. The third-order valence-electron chi connectivity index (χ3n) is 1.96. The Morgan fingerprint density at radius 2 is 2.05 bits per heavy atom. The molecule has 2 N–H and O–H groups in total. The van der Waals surface area contributed by atoms with Crippen molar-refractivity contribution in [1.82, 2.24) is 4.98 Å². The van der Waals surface area contributed by atoms with Crippen molar-refractivity contribution < 1.29 is 14.3 Å². The van der Waals surface area contributed by atoms with Crippen LogP contribution in [0.25, 0.3) is 0 Å². The predicted octanol–water partition coefficient (Wildman–Crippen LogP) is 2.12. The van der Waals surface area contributed by atoms with E-state index >= 15 is 0 Å². The van der Waals surface area contributed by atoms with Gasteiger partial charge in [0, 0.05) is 7.05 Å². The lowest BCUT2D eigenvalue weighted by Crippen LogP contribution is -2.31. The normalized spacial score (nSPS) is 10.9. The Morgan fingerprint density at radius 1 is 1.42 bits per heavy atom. The van der Waals surface area contributed by atoms with Gasteiger partial charge in [-0.1, -0.05) is 40.9 Å². The van der Waals surface area contributed by atoms with Gasteiger partial charge in [0.05, 0.1) is 0 Å². The molecule has 0 unspecified atom stereocenters. The first-order valence-electron chi connectivity index (χ1n) is 4.95. The smallest absolute Gasteiger partial charge is 0.415 e. The van der Waals surface area contributed by atoms with Crippen LogP contribution in [-0.4, -0.2) is 34.4 Å². The first kappa shape index (κ1) is 15.8. The number of pyridine rings is 1. The molecule has 0 saturated carbocycles. The topological polar surface area (TPSA) is 85.5 Å². The van der Waals surface area contributed by atoms with Crippen molar-refractivity contribution in [2.24, 2.45) is 5.73 Å². The zero-order valence-electron chi connectivity index (χ0n) is 9.77. The number of hydrogen-bond donors (Lipinski definition) is 1. The highest BCUT2D eigenvalue weighted by molar-refractivity contribution is 6.67. The molecule has 19 heavy (non-hydrogen) atoms. The molecular formula is C10H10Cl3N3O3. The number of anilines is 1. The molecule has 0 saturated heterocycles. The second-order valence-electron chi connectivity index (χ2n) is 3.47. The standard InChI is InChI=1S/C10H10Cl3N3O3/c1-16(9(18)19-5-10(11,12)13)7-4-2-3-6(15-7)8(14)17/h2-4H,5H2,1H3,(H2,14,17). The molecule has 9 heteroatoms. The fourth-order valence-corrected chi connectivity index (χ4v) is 1.24. The molecule has 1 aromatic heterocycles. The minimum atomic E-state index is -1.70. The first-order chi connectivity index (χ1) is 8.70. The highest BCUT2D eigenvalue weighted by Crippen LogP contribution is 2.26. The number of amides is 2. The Kier molecular flexibility index (Phi) is 5.22. The molecular weight excluding hydrogens is 316 g/mol. The molecule has 6 nitrogen and oxygen atoms in total. The summed E-state index contributed by atoms with van der Waals surface area (Å²) >= 11 is 16.4. The number of nitrogens with two attached hydrogens (primary N) is 1. The number of hydrogen-bond acceptors (Lipinski definition) is 4. The highest BCUT2D eigenvalue weighted by Gasteiger charge is 2.24. The molecule has 0 aliphatic rings. The molecule has 0 fully saturated rings. The zero-order chi connectivity index (χ0) is 14.6. The third kappa shape index (κ3) is 5.10. The van der Waals surface area contributed by atoms with Crippen molar-refractivity contribution in [3.63, 3.8) is 0 Å². The molecule has 0 atom stereocenters. The summed E-state index contributed by atoms with van der Waals surface area (Å²) in [6.45, 7) is -0.406. The zero-order valence-corrected chi connectivity index (χ0v) is 12.0. The second kappa shape index (κ2) is 6.27. The molecule has 1 heterocycles. The summed E-state index contributed by atoms with van der Waals surface area (Å²) in [5.74, 6) is -0.518. The summed E-state index contributed by atoms with van der Waals surface area (Å²) in [5.41, 5.74) is 5.11. The number of ether oxygens (including phenoxy) is 1. The Bertz CT molecular complexity index is 490. The molecule has 0 spiro atoms. The van der Waals surface area contributed by atoms with Crippen LogP contribution < -0.4 is 10.6 Å². The number of alkyl halides is 3. The van der Waals surface area contributed by atoms with Gasteiger partial charge in [-0.2, -0.15) is 0 Å².